The molecule has 0 saturated carbocycles. The normalized spacial score (nSPS) is 25.9. The van der Waals surface area contributed by atoms with Crippen LogP contribution in [0.2, 0.25) is 0 Å². The van der Waals surface area contributed by atoms with Crippen LogP contribution in [0.5, 0.6) is 0 Å². The summed E-state index contributed by atoms with van der Waals surface area (Å²) in [6.07, 6.45) is 8.18. The highest BCUT2D eigenvalue weighted by atomic mass is 16.7. The quantitative estimate of drug-likeness (QED) is 0.127. The van der Waals surface area contributed by atoms with E-state index in [1.165, 1.54) is 64.2 Å². The van der Waals surface area contributed by atoms with Crippen LogP contribution in [0.15, 0.2) is 0 Å². The summed E-state index contributed by atoms with van der Waals surface area (Å²) >= 11 is 0. The minimum atomic E-state index is -1.55. The zero-order valence-electron chi connectivity index (χ0n) is 20.9. The molecule has 1 rings (SSSR count). The van der Waals surface area contributed by atoms with Crippen molar-refractivity contribution < 1.29 is 44.5 Å². The van der Waals surface area contributed by atoms with E-state index in [2.05, 4.69) is 6.92 Å². The SMILES string of the molecule is CCCCCCCCCCCCCCCC(=O)OC[C@H](O)CO[C@@H]1O[C@H](CO)[C@H](O)[C@H](O)[C@H]1O. The van der Waals surface area contributed by atoms with Crippen molar-refractivity contribution in [1.29, 1.82) is 0 Å². The van der Waals surface area contributed by atoms with Crippen LogP contribution in [0.25, 0.3) is 0 Å². The van der Waals surface area contributed by atoms with Crippen molar-refractivity contribution in [3.05, 3.63) is 0 Å². The summed E-state index contributed by atoms with van der Waals surface area (Å²) < 4.78 is 15.5. The number of hydrogen-bond donors (Lipinski definition) is 5. The first-order chi connectivity index (χ1) is 16.4. The van der Waals surface area contributed by atoms with Gasteiger partial charge < -0.3 is 39.7 Å². The van der Waals surface area contributed by atoms with Crippen LogP contribution in [-0.4, -0.2) is 88.1 Å². The molecular weight excluding hydrogens is 444 g/mol. The number of aliphatic hydroxyl groups is 5. The molecule has 1 saturated heterocycles. The second kappa shape index (κ2) is 19.4. The molecule has 0 aromatic carbocycles. The lowest BCUT2D eigenvalue weighted by Crippen LogP contribution is -2.59. The van der Waals surface area contributed by atoms with E-state index in [4.69, 9.17) is 19.3 Å². The fourth-order valence-electron chi connectivity index (χ4n) is 4.01. The number of carbonyl (C=O) groups excluding carboxylic acids is 1. The maximum Gasteiger partial charge on any atom is 0.305 e. The fraction of sp³-hybridized carbons (Fsp3) is 0.960. The van der Waals surface area contributed by atoms with E-state index in [0.717, 1.165) is 19.3 Å². The molecule has 0 aromatic heterocycles. The van der Waals surface area contributed by atoms with Gasteiger partial charge in [0, 0.05) is 6.42 Å². The van der Waals surface area contributed by atoms with E-state index < -0.39 is 43.4 Å². The lowest BCUT2D eigenvalue weighted by Gasteiger charge is -2.39. The number of ether oxygens (including phenoxy) is 3. The van der Waals surface area contributed by atoms with Crippen molar-refractivity contribution in [2.45, 2.75) is 134 Å². The van der Waals surface area contributed by atoms with Crippen LogP contribution < -0.4 is 0 Å². The molecule has 0 unspecified atom stereocenters. The van der Waals surface area contributed by atoms with Gasteiger partial charge in [-0.25, -0.2) is 0 Å². The Hall–Kier alpha value is -0.810. The van der Waals surface area contributed by atoms with Gasteiger partial charge in [0.15, 0.2) is 6.29 Å². The smallest absolute Gasteiger partial charge is 0.305 e. The molecule has 1 heterocycles. The van der Waals surface area contributed by atoms with E-state index in [1.54, 1.807) is 0 Å². The van der Waals surface area contributed by atoms with E-state index in [-0.39, 0.29) is 19.2 Å². The Bertz CT molecular complexity index is 503. The van der Waals surface area contributed by atoms with Crippen LogP contribution in [0, 0.1) is 0 Å². The van der Waals surface area contributed by atoms with E-state index in [1.807, 2.05) is 0 Å². The number of hydrogen-bond acceptors (Lipinski definition) is 9. The van der Waals surface area contributed by atoms with Crippen LogP contribution >= 0.6 is 0 Å². The van der Waals surface area contributed by atoms with E-state index in [0.29, 0.717) is 6.42 Å². The van der Waals surface area contributed by atoms with Crippen molar-refractivity contribution in [2.75, 3.05) is 19.8 Å². The molecule has 0 aromatic rings. The molecule has 34 heavy (non-hydrogen) atoms. The number of carbonyl (C=O) groups is 1. The lowest BCUT2D eigenvalue weighted by molar-refractivity contribution is -0.305. The van der Waals surface area contributed by atoms with Gasteiger partial charge in [-0.05, 0) is 6.42 Å². The Labute approximate surface area is 204 Å². The summed E-state index contributed by atoms with van der Waals surface area (Å²) in [5.41, 5.74) is 0. The van der Waals surface area contributed by atoms with Crippen LogP contribution in [0.1, 0.15) is 96.8 Å². The van der Waals surface area contributed by atoms with Crippen molar-refractivity contribution in [2.24, 2.45) is 0 Å². The number of esters is 1. The first-order valence-electron chi connectivity index (χ1n) is 13.2. The largest absolute Gasteiger partial charge is 0.463 e. The Morgan fingerprint density at radius 2 is 1.32 bits per heavy atom. The maximum absolute atomic E-state index is 11.8. The number of rotatable bonds is 20. The third-order valence-corrected chi connectivity index (χ3v) is 6.22. The lowest BCUT2D eigenvalue weighted by atomic mass is 9.99. The first kappa shape index (κ1) is 31.2. The predicted octanol–water partition coefficient (Wildman–Crippen LogP) is 2.19. The van der Waals surface area contributed by atoms with Crippen molar-refractivity contribution in [1.82, 2.24) is 0 Å². The second-order valence-corrected chi connectivity index (χ2v) is 9.36. The Balaban J connectivity index is 1.99. The van der Waals surface area contributed by atoms with Crippen molar-refractivity contribution in [3.63, 3.8) is 0 Å². The van der Waals surface area contributed by atoms with Crippen LogP contribution in [0.4, 0.5) is 0 Å². The highest BCUT2D eigenvalue weighted by molar-refractivity contribution is 5.69. The minimum absolute atomic E-state index is 0.255. The summed E-state index contributed by atoms with van der Waals surface area (Å²) in [6.45, 7) is 1.11. The average Bonchev–Trinajstić information content (AvgIpc) is 2.83. The van der Waals surface area contributed by atoms with Gasteiger partial charge >= 0.3 is 5.97 Å². The van der Waals surface area contributed by atoms with E-state index >= 15 is 0 Å². The molecule has 0 amide bonds. The summed E-state index contributed by atoms with van der Waals surface area (Å²) in [5, 5.41) is 48.4. The molecule has 0 aliphatic carbocycles. The molecule has 1 aliphatic rings. The molecule has 9 heteroatoms. The molecule has 0 radical (unpaired) electrons. The summed E-state index contributed by atoms with van der Waals surface area (Å²) in [7, 11) is 0. The summed E-state index contributed by atoms with van der Waals surface area (Å²) in [6, 6.07) is 0. The van der Waals surface area contributed by atoms with Gasteiger partial charge in [0.1, 0.15) is 37.1 Å². The van der Waals surface area contributed by atoms with Gasteiger partial charge in [-0.3, -0.25) is 4.79 Å². The topological polar surface area (TPSA) is 146 Å². The Morgan fingerprint density at radius 1 is 0.794 bits per heavy atom. The zero-order valence-corrected chi connectivity index (χ0v) is 20.9. The Morgan fingerprint density at radius 3 is 1.85 bits per heavy atom. The highest BCUT2D eigenvalue weighted by Gasteiger charge is 2.44. The highest BCUT2D eigenvalue weighted by Crippen LogP contribution is 2.22. The van der Waals surface area contributed by atoms with Gasteiger partial charge in [-0.2, -0.15) is 0 Å². The zero-order chi connectivity index (χ0) is 25.2. The Kier molecular flexibility index (Phi) is 17.8. The maximum atomic E-state index is 11.8. The van der Waals surface area contributed by atoms with Crippen molar-refractivity contribution >= 4 is 5.97 Å². The standard InChI is InChI=1S/C25H48O9/c1-2-3-4-5-6-7-8-9-10-11-12-13-14-15-21(28)32-17-19(27)18-33-25-24(31)23(30)22(29)20(16-26)34-25/h19-20,22-27,29-31H,2-18H2,1H3/t19-,20+,22-,23-,24+,25+/m0/s1. The predicted molar refractivity (Wildman–Crippen MR) is 127 cm³/mol. The van der Waals surface area contributed by atoms with Crippen LogP contribution in [-0.2, 0) is 19.0 Å². The van der Waals surface area contributed by atoms with Gasteiger partial charge in [0.25, 0.3) is 0 Å². The molecule has 1 fully saturated rings. The molecular formula is C25H48O9. The summed E-state index contributed by atoms with van der Waals surface area (Å²) in [5.74, 6) is -0.380. The van der Waals surface area contributed by atoms with Crippen molar-refractivity contribution in [3.8, 4) is 0 Å². The third kappa shape index (κ3) is 13.3. The van der Waals surface area contributed by atoms with Gasteiger partial charge in [-0.1, -0.05) is 84.0 Å². The molecule has 9 nitrogen and oxygen atoms in total. The van der Waals surface area contributed by atoms with E-state index in [9.17, 15) is 25.2 Å². The number of unbranched alkanes of at least 4 members (excludes halogenated alkanes) is 12. The van der Waals surface area contributed by atoms with Gasteiger partial charge in [0.05, 0.1) is 13.2 Å². The van der Waals surface area contributed by atoms with Crippen LogP contribution in [0.3, 0.4) is 0 Å². The fourth-order valence-corrected chi connectivity index (χ4v) is 4.01. The molecule has 1 aliphatic heterocycles. The third-order valence-electron chi connectivity index (χ3n) is 6.22. The second-order valence-electron chi connectivity index (χ2n) is 9.36. The molecule has 0 spiro atoms. The average molecular weight is 493 g/mol. The van der Waals surface area contributed by atoms with Gasteiger partial charge in [-0.15, -0.1) is 0 Å². The first-order valence-corrected chi connectivity index (χ1v) is 13.2. The number of aliphatic hydroxyl groups excluding tert-OH is 5. The summed E-state index contributed by atoms with van der Waals surface area (Å²) in [4.78, 5) is 11.8. The molecule has 6 atom stereocenters. The monoisotopic (exact) mass is 492 g/mol. The van der Waals surface area contributed by atoms with Gasteiger partial charge in [0.2, 0.25) is 0 Å². The molecule has 202 valence electrons. The molecule has 0 bridgehead atoms. The molecule has 5 N–H and O–H groups in total. The minimum Gasteiger partial charge on any atom is -0.463 e.